The summed E-state index contributed by atoms with van der Waals surface area (Å²) in [6, 6.07) is 1.92. The molecule has 1 aromatic heterocycles. The van der Waals surface area contributed by atoms with E-state index >= 15 is 0 Å². The molecule has 16 heavy (non-hydrogen) atoms. The smallest absolute Gasteiger partial charge is 0.313 e. The number of nitrogens with zero attached hydrogens (tertiary/aromatic N) is 1. The van der Waals surface area contributed by atoms with Crippen molar-refractivity contribution >= 4 is 5.97 Å². The summed E-state index contributed by atoms with van der Waals surface area (Å²) in [6.07, 6.45) is 0.665. The number of carbonyl (C=O) groups excluding carboxylic acids is 1. The van der Waals surface area contributed by atoms with Crippen LogP contribution >= 0.6 is 0 Å². The van der Waals surface area contributed by atoms with Gasteiger partial charge >= 0.3 is 5.97 Å². The molecule has 0 radical (unpaired) electrons. The summed E-state index contributed by atoms with van der Waals surface area (Å²) >= 11 is 0. The van der Waals surface area contributed by atoms with Crippen LogP contribution in [-0.4, -0.2) is 10.5 Å². The number of carbonyl (C=O) groups is 1. The number of cyclic esters (lactones) is 1. The van der Waals surface area contributed by atoms with E-state index in [1.807, 2.05) is 19.9 Å². The van der Waals surface area contributed by atoms with Gasteiger partial charge in [0.05, 0.1) is 11.5 Å². The molecule has 0 fully saturated rings. The highest BCUT2D eigenvalue weighted by Gasteiger charge is 2.30. The van der Waals surface area contributed by atoms with Crippen molar-refractivity contribution in [3.05, 3.63) is 33.2 Å². The lowest BCUT2D eigenvalue weighted by atomic mass is 9.91. The van der Waals surface area contributed by atoms with E-state index in [1.165, 1.54) is 0 Å². The molecule has 0 aliphatic carbocycles. The lowest BCUT2D eigenvalue weighted by molar-refractivity contribution is -0.148. The fourth-order valence-electron chi connectivity index (χ4n) is 2.11. The van der Waals surface area contributed by atoms with E-state index in [2.05, 4.69) is 0 Å². The maximum Gasteiger partial charge on any atom is 0.313 e. The molecular formula is C12H15NO3. The molecule has 2 rings (SSSR count). The number of ether oxygens (including phenoxy) is 1. The molecule has 1 unspecified atom stereocenters. The van der Waals surface area contributed by atoms with Crippen molar-refractivity contribution in [3.63, 3.8) is 0 Å². The Morgan fingerprint density at radius 2 is 2.19 bits per heavy atom. The third-order valence-electron chi connectivity index (χ3n) is 3.23. The van der Waals surface area contributed by atoms with Crippen LogP contribution in [0.15, 0.2) is 10.9 Å². The predicted octanol–water partition coefficient (Wildman–Crippen LogP) is 1.24. The summed E-state index contributed by atoms with van der Waals surface area (Å²) in [5.74, 6) is -0.501. The average Bonchev–Trinajstić information content (AvgIpc) is 2.26. The molecule has 0 saturated carbocycles. The van der Waals surface area contributed by atoms with Crippen LogP contribution in [0.5, 0.6) is 0 Å². The first kappa shape index (κ1) is 10.9. The Hall–Kier alpha value is -1.58. The summed E-state index contributed by atoms with van der Waals surface area (Å²) in [5, 5.41) is 0. The highest BCUT2D eigenvalue weighted by molar-refractivity contribution is 5.80. The zero-order valence-corrected chi connectivity index (χ0v) is 9.74. The first-order valence-corrected chi connectivity index (χ1v) is 5.42. The second-order valence-electron chi connectivity index (χ2n) is 4.15. The highest BCUT2D eigenvalue weighted by Crippen LogP contribution is 2.28. The fourth-order valence-corrected chi connectivity index (χ4v) is 2.11. The minimum absolute atomic E-state index is 0.0547. The SMILES string of the molecule is CCC1C(=O)OCc2c1cc(C)n(C)c2=O. The second-order valence-corrected chi connectivity index (χ2v) is 4.15. The van der Waals surface area contributed by atoms with Crippen molar-refractivity contribution < 1.29 is 9.53 Å². The molecule has 4 heteroatoms. The number of aryl methyl sites for hydroxylation is 1. The van der Waals surface area contributed by atoms with Crippen molar-refractivity contribution in [3.8, 4) is 0 Å². The minimum Gasteiger partial charge on any atom is -0.460 e. The van der Waals surface area contributed by atoms with Crippen LogP contribution in [0.25, 0.3) is 0 Å². The molecule has 86 valence electrons. The van der Waals surface area contributed by atoms with E-state index in [-0.39, 0.29) is 24.1 Å². The molecule has 2 heterocycles. The Morgan fingerprint density at radius 1 is 1.50 bits per heavy atom. The molecule has 0 aromatic carbocycles. The predicted molar refractivity (Wildman–Crippen MR) is 59.2 cm³/mol. The van der Waals surface area contributed by atoms with Gasteiger partial charge in [-0.05, 0) is 25.0 Å². The average molecular weight is 221 g/mol. The van der Waals surface area contributed by atoms with Gasteiger partial charge in [-0.2, -0.15) is 0 Å². The van der Waals surface area contributed by atoms with Crippen LogP contribution in [0.4, 0.5) is 0 Å². The Balaban J connectivity index is 2.68. The largest absolute Gasteiger partial charge is 0.460 e. The van der Waals surface area contributed by atoms with Crippen LogP contribution < -0.4 is 5.56 Å². The summed E-state index contributed by atoms with van der Waals surface area (Å²) in [7, 11) is 1.73. The monoisotopic (exact) mass is 221 g/mol. The molecule has 0 N–H and O–H groups in total. The second kappa shape index (κ2) is 3.77. The van der Waals surface area contributed by atoms with E-state index in [0.29, 0.717) is 12.0 Å². The molecule has 0 saturated heterocycles. The van der Waals surface area contributed by atoms with Gasteiger partial charge in [-0.15, -0.1) is 0 Å². The molecule has 1 aromatic rings. The van der Waals surface area contributed by atoms with E-state index in [0.717, 1.165) is 11.3 Å². The maximum absolute atomic E-state index is 12.0. The lowest BCUT2D eigenvalue weighted by Gasteiger charge is -2.24. The third kappa shape index (κ3) is 1.45. The van der Waals surface area contributed by atoms with Crippen molar-refractivity contribution in [1.82, 2.24) is 4.57 Å². The number of pyridine rings is 1. The molecule has 1 atom stereocenters. The Morgan fingerprint density at radius 3 is 2.81 bits per heavy atom. The Bertz CT molecular complexity index is 502. The van der Waals surface area contributed by atoms with Gasteiger partial charge in [-0.25, -0.2) is 0 Å². The van der Waals surface area contributed by atoms with Crippen LogP contribution in [0, 0.1) is 6.92 Å². The van der Waals surface area contributed by atoms with Gasteiger partial charge in [-0.1, -0.05) is 6.92 Å². The molecular weight excluding hydrogens is 206 g/mol. The van der Waals surface area contributed by atoms with Gasteiger partial charge in [0.2, 0.25) is 0 Å². The summed E-state index contributed by atoms with van der Waals surface area (Å²) in [4.78, 5) is 23.5. The number of hydrogen-bond acceptors (Lipinski definition) is 3. The summed E-state index contributed by atoms with van der Waals surface area (Å²) in [5.41, 5.74) is 2.29. The van der Waals surface area contributed by atoms with E-state index in [1.54, 1.807) is 11.6 Å². The number of rotatable bonds is 1. The van der Waals surface area contributed by atoms with Crippen molar-refractivity contribution in [2.24, 2.45) is 7.05 Å². The van der Waals surface area contributed by atoms with Gasteiger partial charge in [0.1, 0.15) is 6.61 Å². The van der Waals surface area contributed by atoms with E-state index in [9.17, 15) is 9.59 Å². The van der Waals surface area contributed by atoms with Gasteiger partial charge in [0.15, 0.2) is 0 Å². The zero-order valence-electron chi connectivity index (χ0n) is 9.74. The third-order valence-corrected chi connectivity index (χ3v) is 3.23. The standard InChI is InChI=1S/C12H15NO3/c1-4-8-9-5-7(2)13(3)11(14)10(9)6-16-12(8)15/h5,8H,4,6H2,1-3H3. The quantitative estimate of drug-likeness (QED) is 0.670. The number of fused-ring (bicyclic) bond motifs is 1. The first-order chi connectivity index (χ1) is 7.56. The van der Waals surface area contributed by atoms with Crippen molar-refractivity contribution in [1.29, 1.82) is 0 Å². The van der Waals surface area contributed by atoms with Crippen LogP contribution in [0.3, 0.4) is 0 Å². The Kier molecular flexibility index (Phi) is 2.58. The first-order valence-electron chi connectivity index (χ1n) is 5.42. The topological polar surface area (TPSA) is 48.3 Å². The molecule has 1 aliphatic heterocycles. The molecule has 0 amide bonds. The molecule has 0 bridgehead atoms. The lowest BCUT2D eigenvalue weighted by Crippen LogP contribution is -2.32. The number of esters is 1. The van der Waals surface area contributed by atoms with Gasteiger partial charge in [-0.3, -0.25) is 9.59 Å². The van der Waals surface area contributed by atoms with Crippen LogP contribution in [0.1, 0.15) is 36.1 Å². The normalized spacial score (nSPS) is 19.2. The summed E-state index contributed by atoms with van der Waals surface area (Å²) < 4.78 is 6.62. The van der Waals surface area contributed by atoms with E-state index < -0.39 is 0 Å². The molecule has 1 aliphatic rings. The van der Waals surface area contributed by atoms with Crippen LogP contribution in [0.2, 0.25) is 0 Å². The van der Waals surface area contributed by atoms with Gasteiger partial charge in [0, 0.05) is 12.7 Å². The van der Waals surface area contributed by atoms with Gasteiger partial charge in [0.25, 0.3) is 5.56 Å². The molecule has 4 nitrogen and oxygen atoms in total. The maximum atomic E-state index is 12.0. The zero-order chi connectivity index (χ0) is 11.9. The fraction of sp³-hybridized carbons (Fsp3) is 0.500. The van der Waals surface area contributed by atoms with Gasteiger partial charge < -0.3 is 9.30 Å². The van der Waals surface area contributed by atoms with E-state index in [4.69, 9.17) is 4.74 Å². The number of hydrogen-bond donors (Lipinski definition) is 0. The summed E-state index contributed by atoms with van der Waals surface area (Å²) in [6.45, 7) is 3.90. The highest BCUT2D eigenvalue weighted by atomic mass is 16.5. The molecule has 0 spiro atoms. The van der Waals surface area contributed by atoms with Crippen molar-refractivity contribution in [2.75, 3.05) is 0 Å². The van der Waals surface area contributed by atoms with Crippen molar-refractivity contribution in [2.45, 2.75) is 32.8 Å². The minimum atomic E-state index is -0.281. The number of aromatic nitrogens is 1. The Labute approximate surface area is 93.8 Å². The van der Waals surface area contributed by atoms with Crippen LogP contribution in [-0.2, 0) is 23.2 Å².